The van der Waals surface area contributed by atoms with Crippen LogP contribution in [0.5, 0.6) is 5.75 Å². The summed E-state index contributed by atoms with van der Waals surface area (Å²) in [6, 6.07) is 10.9. The second kappa shape index (κ2) is 6.37. The van der Waals surface area contributed by atoms with Gasteiger partial charge in [-0.15, -0.1) is 0 Å². The number of aromatic hydroxyl groups is 1. The van der Waals surface area contributed by atoms with Gasteiger partial charge in [0.15, 0.2) is 0 Å². The Labute approximate surface area is 126 Å². The molecule has 0 amide bonds. The lowest BCUT2D eigenvalue weighted by molar-refractivity contribution is -0.384. The van der Waals surface area contributed by atoms with Crippen molar-refractivity contribution < 1.29 is 10.0 Å². The van der Waals surface area contributed by atoms with E-state index < -0.39 is 4.92 Å². The monoisotopic (exact) mass is 304 g/mol. The summed E-state index contributed by atoms with van der Waals surface area (Å²) in [7, 11) is 0. The Morgan fingerprint density at radius 2 is 1.95 bits per heavy atom. The van der Waals surface area contributed by atoms with Gasteiger partial charge >= 0.3 is 0 Å². The highest BCUT2D eigenvalue weighted by atomic mass is 35.5. The van der Waals surface area contributed by atoms with Crippen LogP contribution in [0.4, 0.5) is 5.69 Å². The molecular weight excluding hydrogens is 292 g/mol. The van der Waals surface area contributed by atoms with Crippen LogP contribution in [0.1, 0.15) is 24.1 Å². The van der Waals surface area contributed by atoms with Crippen LogP contribution in [-0.4, -0.2) is 16.2 Å². The Bertz CT molecular complexity index is 684. The van der Waals surface area contributed by atoms with Crippen LogP contribution < -0.4 is 0 Å². The SMILES string of the molecule is C[C@H](N=Cc1cc([N+](=O)[O-])ccc1O)c1ccc(Cl)cc1. The molecule has 108 valence electrons. The van der Waals surface area contributed by atoms with E-state index in [2.05, 4.69) is 4.99 Å². The molecule has 0 heterocycles. The quantitative estimate of drug-likeness (QED) is 0.524. The standard InChI is InChI=1S/C15H13ClN2O3/c1-10(11-2-4-13(16)5-3-11)17-9-12-8-14(18(20)21)6-7-15(12)19/h2-10,19H,1H3/t10-/m0/s1. The molecule has 2 rings (SSSR count). The molecule has 5 nitrogen and oxygen atoms in total. The predicted octanol–water partition coefficient (Wildman–Crippen LogP) is 4.13. The van der Waals surface area contributed by atoms with Crippen molar-refractivity contribution in [2.24, 2.45) is 4.99 Å². The van der Waals surface area contributed by atoms with Gasteiger partial charge in [0.1, 0.15) is 5.75 Å². The predicted molar refractivity (Wildman–Crippen MR) is 82.2 cm³/mol. The van der Waals surface area contributed by atoms with Crippen molar-refractivity contribution >= 4 is 23.5 Å². The number of halogens is 1. The number of phenolic OH excluding ortho intramolecular Hbond substituents is 1. The Morgan fingerprint density at radius 3 is 2.57 bits per heavy atom. The molecule has 1 atom stereocenters. The average molecular weight is 305 g/mol. The zero-order valence-electron chi connectivity index (χ0n) is 11.2. The molecule has 0 aromatic heterocycles. The number of hydrogen-bond acceptors (Lipinski definition) is 4. The van der Waals surface area contributed by atoms with Gasteiger partial charge in [-0.3, -0.25) is 15.1 Å². The number of nitrogens with zero attached hydrogens (tertiary/aromatic N) is 2. The Morgan fingerprint density at radius 1 is 1.29 bits per heavy atom. The van der Waals surface area contributed by atoms with E-state index in [1.807, 2.05) is 19.1 Å². The first-order valence-electron chi connectivity index (χ1n) is 6.23. The van der Waals surface area contributed by atoms with Crippen LogP contribution in [0.15, 0.2) is 47.5 Å². The highest BCUT2D eigenvalue weighted by Crippen LogP contribution is 2.23. The lowest BCUT2D eigenvalue weighted by Gasteiger charge is -2.06. The largest absolute Gasteiger partial charge is 0.507 e. The molecule has 0 saturated carbocycles. The van der Waals surface area contributed by atoms with Gasteiger partial charge in [0.25, 0.3) is 5.69 Å². The smallest absolute Gasteiger partial charge is 0.270 e. The number of nitro groups is 1. The number of benzene rings is 2. The minimum absolute atomic E-state index is 0.0485. The lowest BCUT2D eigenvalue weighted by Crippen LogP contribution is -1.93. The number of hydrogen-bond donors (Lipinski definition) is 1. The molecule has 0 fully saturated rings. The Kier molecular flexibility index (Phi) is 4.55. The molecule has 0 aliphatic rings. The molecule has 2 aromatic carbocycles. The maximum absolute atomic E-state index is 10.7. The van der Waals surface area contributed by atoms with Gasteiger partial charge in [-0.1, -0.05) is 23.7 Å². The molecule has 0 saturated heterocycles. The van der Waals surface area contributed by atoms with Gasteiger partial charge in [-0.2, -0.15) is 0 Å². The topological polar surface area (TPSA) is 75.7 Å². The first-order valence-corrected chi connectivity index (χ1v) is 6.61. The fraction of sp³-hybridized carbons (Fsp3) is 0.133. The summed E-state index contributed by atoms with van der Waals surface area (Å²) in [5, 5.41) is 21.1. The summed E-state index contributed by atoms with van der Waals surface area (Å²) >= 11 is 5.82. The summed E-state index contributed by atoms with van der Waals surface area (Å²) in [5.41, 5.74) is 1.18. The molecule has 0 unspecified atom stereocenters. The van der Waals surface area contributed by atoms with Gasteiger partial charge in [0, 0.05) is 28.9 Å². The second-order valence-electron chi connectivity index (χ2n) is 4.51. The molecule has 1 N–H and O–H groups in total. The summed E-state index contributed by atoms with van der Waals surface area (Å²) < 4.78 is 0. The summed E-state index contributed by atoms with van der Waals surface area (Å²) in [6.07, 6.45) is 1.43. The van der Waals surface area contributed by atoms with Gasteiger partial charge in [0.2, 0.25) is 0 Å². The van der Waals surface area contributed by atoms with Crippen LogP contribution in [0, 0.1) is 10.1 Å². The second-order valence-corrected chi connectivity index (χ2v) is 4.94. The minimum Gasteiger partial charge on any atom is -0.507 e. The normalized spacial score (nSPS) is 12.5. The highest BCUT2D eigenvalue weighted by Gasteiger charge is 2.09. The third kappa shape index (κ3) is 3.79. The van der Waals surface area contributed by atoms with E-state index in [1.54, 1.807) is 12.1 Å². The number of non-ortho nitro benzene ring substituents is 1. The summed E-state index contributed by atoms with van der Waals surface area (Å²) in [5.74, 6) is -0.0485. The third-order valence-corrected chi connectivity index (χ3v) is 3.26. The fourth-order valence-electron chi connectivity index (χ4n) is 1.78. The highest BCUT2D eigenvalue weighted by molar-refractivity contribution is 6.30. The van der Waals surface area contributed by atoms with E-state index in [0.29, 0.717) is 10.6 Å². The lowest BCUT2D eigenvalue weighted by atomic mass is 10.1. The summed E-state index contributed by atoms with van der Waals surface area (Å²) in [4.78, 5) is 14.5. The van der Waals surface area contributed by atoms with E-state index in [-0.39, 0.29) is 17.5 Å². The van der Waals surface area contributed by atoms with E-state index in [4.69, 9.17) is 11.6 Å². The van der Waals surface area contributed by atoms with Gasteiger partial charge in [0.05, 0.1) is 11.0 Å². The number of nitro benzene ring substituents is 1. The molecule has 0 aliphatic carbocycles. The number of rotatable bonds is 4. The van der Waals surface area contributed by atoms with E-state index >= 15 is 0 Å². The first kappa shape index (κ1) is 15.0. The van der Waals surface area contributed by atoms with Crippen molar-refractivity contribution in [1.82, 2.24) is 0 Å². The molecule has 6 heteroatoms. The van der Waals surface area contributed by atoms with Crippen molar-refractivity contribution in [3.63, 3.8) is 0 Å². The minimum atomic E-state index is -0.514. The first-order chi connectivity index (χ1) is 9.97. The molecule has 21 heavy (non-hydrogen) atoms. The van der Waals surface area contributed by atoms with Crippen LogP contribution in [-0.2, 0) is 0 Å². The van der Waals surface area contributed by atoms with Crippen molar-refractivity contribution in [1.29, 1.82) is 0 Å². The van der Waals surface area contributed by atoms with E-state index in [0.717, 1.165) is 5.56 Å². The molecule has 0 bridgehead atoms. The number of phenols is 1. The maximum Gasteiger partial charge on any atom is 0.270 e. The van der Waals surface area contributed by atoms with Crippen LogP contribution in [0.25, 0.3) is 0 Å². The third-order valence-electron chi connectivity index (χ3n) is 3.01. The van der Waals surface area contributed by atoms with Crippen molar-refractivity contribution in [2.45, 2.75) is 13.0 Å². The van der Waals surface area contributed by atoms with Crippen molar-refractivity contribution in [3.05, 3.63) is 68.7 Å². The van der Waals surface area contributed by atoms with E-state index in [1.165, 1.54) is 24.4 Å². The van der Waals surface area contributed by atoms with Crippen LogP contribution in [0.2, 0.25) is 5.02 Å². The van der Waals surface area contributed by atoms with Crippen LogP contribution >= 0.6 is 11.6 Å². The Balaban J connectivity index is 2.22. The fourth-order valence-corrected chi connectivity index (χ4v) is 1.90. The molecule has 0 radical (unpaired) electrons. The van der Waals surface area contributed by atoms with Gasteiger partial charge in [-0.25, -0.2) is 0 Å². The van der Waals surface area contributed by atoms with Gasteiger partial charge < -0.3 is 5.11 Å². The van der Waals surface area contributed by atoms with E-state index in [9.17, 15) is 15.2 Å². The molecule has 0 aliphatic heterocycles. The maximum atomic E-state index is 10.7. The number of aliphatic imine (C=N–C) groups is 1. The molecule has 0 spiro atoms. The molecular formula is C15H13ClN2O3. The zero-order valence-corrected chi connectivity index (χ0v) is 12.0. The molecule has 2 aromatic rings. The zero-order chi connectivity index (χ0) is 15.4. The Hall–Kier alpha value is -2.40. The van der Waals surface area contributed by atoms with Crippen LogP contribution in [0.3, 0.4) is 0 Å². The van der Waals surface area contributed by atoms with Gasteiger partial charge in [-0.05, 0) is 30.7 Å². The average Bonchev–Trinajstić information content (AvgIpc) is 2.46. The van der Waals surface area contributed by atoms with Crippen molar-refractivity contribution in [2.75, 3.05) is 0 Å². The van der Waals surface area contributed by atoms with Crippen molar-refractivity contribution in [3.8, 4) is 5.75 Å². The summed E-state index contributed by atoms with van der Waals surface area (Å²) in [6.45, 7) is 1.88.